The molecule has 19 heavy (non-hydrogen) atoms. The largest absolute Gasteiger partial charge is 0.295 e. The van der Waals surface area contributed by atoms with Crippen LogP contribution in [0.5, 0.6) is 0 Å². The fourth-order valence-electron chi connectivity index (χ4n) is 2.17. The van der Waals surface area contributed by atoms with Gasteiger partial charge in [-0.2, -0.15) is 0 Å². The number of para-hydroxylation sites is 1. The summed E-state index contributed by atoms with van der Waals surface area (Å²) in [6.45, 7) is 0. The molecule has 0 unspecified atom stereocenters. The van der Waals surface area contributed by atoms with Gasteiger partial charge in [-0.05, 0) is 29.8 Å². The van der Waals surface area contributed by atoms with E-state index in [4.69, 9.17) is 11.6 Å². The topological polar surface area (TPSA) is 20.3 Å². The average Bonchev–Trinajstić information content (AvgIpc) is 2.82. The van der Waals surface area contributed by atoms with Crippen molar-refractivity contribution in [2.75, 3.05) is 10.7 Å². The van der Waals surface area contributed by atoms with Gasteiger partial charge < -0.3 is 0 Å². The average molecular weight is 290 g/mol. The van der Waals surface area contributed by atoms with Gasteiger partial charge in [0.15, 0.2) is 0 Å². The molecule has 2 aromatic rings. The van der Waals surface area contributed by atoms with Crippen LogP contribution >= 0.6 is 23.4 Å². The third-order valence-corrected chi connectivity index (χ3v) is 4.52. The summed E-state index contributed by atoms with van der Waals surface area (Å²) in [5, 5.41) is 0.747. The zero-order valence-electron chi connectivity index (χ0n) is 10.1. The normalized spacial score (nSPS) is 18.9. The number of halogens is 1. The van der Waals surface area contributed by atoms with E-state index in [1.807, 2.05) is 59.5 Å². The van der Waals surface area contributed by atoms with Crippen molar-refractivity contribution >= 4 is 35.0 Å². The Morgan fingerprint density at radius 3 is 2.42 bits per heavy atom. The lowest BCUT2D eigenvalue weighted by molar-refractivity contribution is -0.115. The Labute approximate surface area is 121 Å². The summed E-state index contributed by atoms with van der Waals surface area (Å²) in [4.78, 5) is 14.0. The number of thioether (sulfide) groups is 1. The van der Waals surface area contributed by atoms with Gasteiger partial charge in [-0.3, -0.25) is 9.69 Å². The second-order valence-corrected chi connectivity index (χ2v) is 5.82. The molecule has 0 N–H and O–H groups in total. The number of nitrogens with zero attached hydrogens (tertiary/aromatic N) is 1. The van der Waals surface area contributed by atoms with E-state index >= 15 is 0 Å². The van der Waals surface area contributed by atoms with E-state index in [0.29, 0.717) is 10.8 Å². The molecule has 1 saturated heterocycles. The SMILES string of the molecule is O=C1CS[C@H](c2ccc(Cl)cc2)N1c1ccccc1. The molecule has 0 aromatic heterocycles. The van der Waals surface area contributed by atoms with Crippen molar-refractivity contribution in [2.24, 2.45) is 0 Å². The molecule has 0 spiro atoms. The summed E-state index contributed by atoms with van der Waals surface area (Å²) >= 11 is 7.56. The van der Waals surface area contributed by atoms with Crippen LogP contribution in [0.1, 0.15) is 10.9 Å². The molecule has 1 atom stereocenters. The molecule has 2 aromatic carbocycles. The van der Waals surface area contributed by atoms with Gasteiger partial charge in [0.2, 0.25) is 5.91 Å². The first-order chi connectivity index (χ1) is 9.25. The zero-order valence-corrected chi connectivity index (χ0v) is 11.7. The number of benzene rings is 2. The van der Waals surface area contributed by atoms with E-state index in [0.717, 1.165) is 11.3 Å². The van der Waals surface area contributed by atoms with Gasteiger partial charge in [0.25, 0.3) is 0 Å². The Morgan fingerprint density at radius 1 is 1.05 bits per heavy atom. The molecule has 1 aliphatic rings. The third kappa shape index (κ3) is 2.48. The lowest BCUT2D eigenvalue weighted by Gasteiger charge is -2.24. The van der Waals surface area contributed by atoms with Gasteiger partial charge in [-0.1, -0.05) is 41.9 Å². The van der Waals surface area contributed by atoms with Crippen LogP contribution in [0.4, 0.5) is 5.69 Å². The van der Waals surface area contributed by atoms with Crippen LogP contribution in [0.2, 0.25) is 5.02 Å². The van der Waals surface area contributed by atoms with Gasteiger partial charge in [0.1, 0.15) is 5.37 Å². The second-order valence-electron chi connectivity index (χ2n) is 4.31. The van der Waals surface area contributed by atoms with Crippen LogP contribution in [-0.2, 0) is 4.79 Å². The van der Waals surface area contributed by atoms with E-state index in [2.05, 4.69) is 0 Å². The molecule has 0 radical (unpaired) electrons. The van der Waals surface area contributed by atoms with E-state index in [9.17, 15) is 4.79 Å². The molecule has 1 fully saturated rings. The van der Waals surface area contributed by atoms with Gasteiger partial charge >= 0.3 is 0 Å². The zero-order chi connectivity index (χ0) is 13.2. The fourth-order valence-corrected chi connectivity index (χ4v) is 3.47. The van der Waals surface area contributed by atoms with Gasteiger partial charge in [0, 0.05) is 10.7 Å². The van der Waals surface area contributed by atoms with E-state index in [1.54, 1.807) is 11.8 Å². The summed E-state index contributed by atoms with van der Waals surface area (Å²) in [6.07, 6.45) is 0. The predicted octanol–water partition coefficient (Wildman–Crippen LogP) is 4.12. The minimum absolute atomic E-state index is 0.0344. The molecule has 0 aliphatic carbocycles. The van der Waals surface area contributed by atoms with Crippen molar-refractivity contribution in [1.82, 2.24) is 0 Å². The highest BCUT2D eigenvalue weighted by molar-refractivity contribution is 8.00. The van der Waals surface area contributed by atoms with Crippen molar-refractivity contribution in [2.45, 2.75) is 5.37 Å². The molecule has 1 aliphatic heterocycles. The first-order valence-corrected chi connectivity index (χ1v) is 7.42. The van der Waals surface area contributed by atoms with E-state index in [1.165, 1.54) is 0 Å². The lowest BCUT2D eigenvalue weighted by atomic mass is 10.2. The molecule has 1 heterocycles. The summed E-state index contributed by atoms with van der Waals surface area (Å²) in [5.41, 5.74) is 2.04. The van der Waals surface area contributed by atoms with Crippen LogP contribution in [0, 0.1) is 0 Å². The molecule has 0 saturated carbocycles. The summed E-state index contributed by atoms with van der Waals surface area (Å²) < 4.78 is 0. The first-order valence-electron chi connectivity index (χ1n) is 6.00. The minimum Gasteiger partial charge on any atom is -0.295 e. The van der Waals surface area contributed by atoms with E-state index < -0.39 is 0 Å². The number of anilines is 1. The Morgan fingerprint density at radius 2 is 1.74 bits per heavy atom. The van der Waals surface area contributed by atoms with Crippen LogP contribution in [0.15, 0.2) is 54.6 Å². The molecular weight excluding hydrogens is 278 g/mol. The summed E-state index contributed by atoms with van der Waals surface area (Å²) in [6, 6.07) is 17.5. The molecule has 4 heteroatoms. The quantitative estimate of drug-likeness (QED) is 0.829. The Kier molecular flexibility index (Phi) is 3.49. The summed E-state index contributed by atoms with van der Waals surface area (Å²) in [7, 11) is 0. The highest BCUT2D eigenvalue weighted by atomic mass is 35.5. The maximum Gasteiger partial charge on any atom is 0.238 e. The lowest BCUT2D eigenvalue weighted by Crippen LogP contribution is -2.27. The molecule has 1 amide bonds. The van der Waals surface area contributed by atoms with Crippen molar-refractivity contribution < 1.29 is 4.79 Å². The van der Waals surface area contributed by atoms with Gasteiger partial charge in [-0.25, -0.2) is 0 Å². The summed E-state index contributed by atoms with van der Waals surface area (Å²) in [5.74, 6) is 0.665. The Bertz CT molecular complexity index is 585. The maximum absolute atomic E-state index is 12.1. The maximum atomic E-state index is 12.1. The minimum atomic E-state index is 0.0344. The van der Waals surface area contributed by atoms with Crippen molar-refractivity contribution in [3.8, 4) is 0 Å². The van der Waals surface area contributed by atoms with Crippen LogP contribution < -0.4 is 4.90 Å². The highest BCUT2D eigenvalue weighted by Gasteiger charge is 2.33. The molecule has 96 valence electrons. The Hall–Kier alpha value is -1.45. The third-order valence-electron chi connectivity index (χ3n) is 3.06. The van der Waals surface area contributed by atoms with Crippen LogP contribution in [-0.4, -0.2) is 11.7 Å². The monoisotopic (exact) mass is 289 g/mol. The molecule has 2 nitrogen and oxygen atoms in total. The number of hydrogen-bond acceptors (Lipinski definition) is 2. The smallest absolute Gasteiger partial charge is 0.238 e. The van der Waals surface area contributed by atoms with Crippen LogP contribution in [0.3, 0.4) is 0 Å². The molecular formula is C15H12ClNOS. The van der Waals surface area contributed by atoms with Gasteiger partial charge in [-0.15, -0.1) is 11.8 Å². The molecule has 3 rings (SSSR count). The van der Waals surface area contributed by atoms with Crippen molar-refractivity contribution in [3.05, 3.63) is 65.2 Å². The fraction of sp³-hybridized carbons (Fsp3) is 0.133. The van der Waals surface area contributed by atoms with Crippen molar-refractivity contribution in [1.29, 1.82) is 0 Å². The standard InChI is InChI=1S/C15H12ClNOS/c16-12-8-6-11(7-9-12)15-17(14(18)10-19-15)13-4-2-1-3-5-13/h1-9,15H,10H2/t15-/m1/s1. The first kappa shape index (κ1) is 12.6. The number of hydrogen-bond donors (Lipinski definition) is 0. The number of carbonyl (C=O) groups excluding carboxylic acids is 1. The van der Waals surface area contributed by atoms with Crippen LogP contribution in [0.25, 0.3) is 0 Å². The predicted molar refractivity (Wildman–Crippen MR) is 80.6 cm³/mol. The number of carbonyl (C=O) groups is 1. The number of amides is 1. The van der Waals surface area contributed by atoms with Crippen molar-refractivity contribution in [3.63, 3.8) is 0 Å². The Balaban J connectivity index is 1.97. The molecule has 0 bridgehead atoms. The second kappa shape index (κ2) is 5.27. The number of rotatable bonds is 2. The van der Waals surface area contributed by atoms with Gasteiger partial charge in [0.05, 0.1) is 5.75 Å². The highest BCUT2D eigenvalue weighted by Crippen LogP contribution is 2.41. The van der Waals surface area contributed by atoms with E-state index in [-0.39, 0.29) is 11.3 Å².